The van der Waals surface area contributed by atoms with Gasteiger partial charge in [0, 0.05) is 65.1 Å². The predicted octanol–water partition coefficient (Wildman–Crippen LogP) is 12.9. The van der Waals surface area contributed by atoms with E-state index in [0.29, 0.717) is 0 Å². The Hall–Kier alpha value is -3.73. The standard InChI is InChI=1S/C29H24NO2.C15H28O2.Ir/c1-16-17(2)31-27-20(16)10-11-22-23-12-13-30-25(26(23)32-28(22)27)19-14-18-8-6-7-9-21(18)24(15-19)29(3,4)5;1-7-14(5,8-2)12(16)11-13(17)15(6,9-3)10-4;/h6-13,15H,1-5H3;11,16H,7-10H2,1-6H3;/q-1;;/b;12-11-;. The number of ketones is 1. The summed E-state index contributed by atoms with van der Waals surface area (Å²) in [4.78, 5) is 16.9. The first-order chi connectivity index (χ1) is 23.1. The summed E-state index contributed by atoms with van der Waals surface area (Å²) < 4.78 is 12.6. The van der Waals surface area contributed by atoms with E-state index in [0.717, 1.165) is 86.6 Å². The van der Waals surface area contributed by atoms with Crippen LogP contribution in [0.5, 0.6) is 0 Å². The second kappa shape index (κ2) is 14.9. The fourth-order valence-electron chi connectivity index (χ4n) is 6.41. The number of aliphatic hydroxyl groups is 1. The van der Waals surface area contributed by atoms with Crippen molar-refractivity contribution in [3.8, 4) is 11.3 Å². The molecular weight excluding hydrogens is 799 g/mol. The van der Waals surface area contributed by atoms with E-state index >= 15 is 0 Å². The van der Waals surface area contributed by atoms with Gasteiger partial charge < -0.3 is 13.9 Å². The molecular formula is C44H52IrNO4-. The van der Waals surface area contributed by atoms with Crippen molar-refractivity contribution in [3.63, 3.8) is 0 Å². The summed E-state index contributed by atoms with van der Waals surface area (Å²) in [5, 5.41) is 15.6. The van der Waals surface area contributed by atoms with Gasteiger partial charge in [0.1, 0.15) is 17.1 Å². The number of pyridine rings is 1. The van der Waals surface area contributed by atoms with Gasteiger partial charge in [-0.2, -0.15) is 0 Å². The molecule has 0 bridgehead atoms. The number of hydrogen-bond donors (Lipinski definition) is 1. The van der Waals surface area contributed by atoms with E-state index in [9.17, 15) is 9.90 Å². The van der Waals surface area contributed by atoms with Gasteiger partial charge in [0.15, 0.2) is 16.9 Å². The Bertz CT molecular complexity index is 2190. The van der Waals surface area contributed by atoms with Crippen molar-refractivity contribution in [1.82, 2.24) is 4.98 Å². The molecule has 6 aromatic rings. The van der Waals surface area contributed by atoms with Crippen LogP contribution in [0.25, 0.3) is 54.9 Å². The third-order valence-corrected chi connectivity index (χ3v) is 11.1. The van der Waals surface area contributed by atoms with Gasteiger partial charge in [-0.3, -0.25) is 9.78 Å². The maximum atomic E-state index is 12.2. The molecule has 0 saturated carbocycles. The van der Waals surface area contributed by atoms with Crippen molar-refractivity contribution in [3.05, 3.63) is 89.5 Å². The summed E-state index contributed by atoms with van der Waals surface area (Å²) in [6.45, 7) is 22.9. The van der Waals surface area contributed by atoms with E-state index in [4.69, 9.17) is 13.8 Å². The van der Waals surface area contributed by atoms with E-state index in [1.807, 2.05) is 60.7 Å². The zero-order valence-corrected chi connectivity index (χ0v) is 33.9. The summed E-state index contributed by atoms with van der Waals surface area (Å²) >= 11 is 0. The molecule has 3 heterocycles. The minimum Gasteiger partial charge on any atom is -0.512 e. The van der Waals surface area contributed by atoms with Gasteiger partial charge in [0.25, 0.3) is 0 Å². The van der Waals surface area contributed by atoms with E-state index in [2.05, 4.69) is 76.2 Å². The Morgan fingerprint density at radius 2 is 1.36 bits per heavy atom. The van der Waals surface area contributed by atoms with E-state index in [-0.39, 0.29) is 47.9 Å². The molecule has 3 aromatic carbocycles. The van der Waals surface area contributed by atoms with Gasteiger partial charge in [-0.25, -0.2) is 0 Å². The minimum absolute atomic E-state index is 0. The Morgan fingerprint density at radius 1 is 0.780 bits per heavy atom. The van der Waals surface area contributed by atoms with Gasteiger partial charge in [-0.15, -0.1) is 29.1 Å². The van der Waals surface area contributed by atoms with Gasteiger partial charge in [0.05, 0.1) is 0 Å². The first-order valence-electron chi connectivity index (χ1n) is 17.7. The van der Waals surface area contributed by atoms with Crippen LogP contribution in [0.15, 0.2) is 75.4 Å². The molecule has 0 unspecified atom stereocenters. The summed E-state index contributed by atoms with van der Waals surface area (Å²) in [5.74, 6) is 1.21. The molecule has 0 aliphatic rings. The van der Waals surface area contributed by atoms with Crippen molar-refractivity contribution in [2.75, 3.05) is 0 Å². The fraction of sp³-hybridized carbons (Fsp3) is 0.409. The average Bonchev–Trinajstić information content (AvgIpc) is 3.63. The Kier molecular flexibility index (Phi) is 11.6. The van der Waals surface area contributed by atoms with Crippen LogP contribution in [-0.4, -0.2) is 15.9 Å². The summed E-state index contributed by atoms with van der Waals surface area (Å²) in [6, 6.07) is 20.5. The molecule has 0 atom stereocenters. The molecule has 0 aliphatic heterocycles. The molecule has 0 spiro atoms. The summed E-state index contributed by atoms with van der Waals surface area (Å²) in [7, 11) is 0. The number of aliphatic hydroxyl groups excluding tert-OH is 1. The average molecular weight is 851 g/mol. The monoisotopic (exact) mass is 851 g/mol. The number of carbonyl (C=O) groups is 1. The molecule has 0 saturated heterocycles. The molecule has 3 aromatic heterocycles. The van der Waals surface area contributed by atoms with E-state index in [1.54, 1.807) is 0 Å². The van der Waals surface area contributed by atoms with Crippen LogP contribution in [0.3, 0.4) is 0 Å². The molecule has 50 heavy (non-hydrogen) atoms. The SMILES string of the molecule is CCC(C)(CC)C(=O)/C=C(\O)C(C)(CC)CC.Cc1oc2c(ccc3c4ccnc(-c5[c-]c6ccccc6c(C(C)(C)C)c5)c4oc32)c1C.[Ir]. The Morgan fingerprint density at radius 3 is 1.98 bits per heavy atom. The minimum atomic E-state index is -0.337. The van der Waals surface area contributed by atoms with Crippen molar-refractivity contribution in [1.29, 1.82) is 0 Å². The Balaban J connectivity index is 0.000000269. The van der Waals surface area contributed by atoms with Crippen molar-refractivity contribution in [2.45, 2.75) is 107 Å². The predicted molar refractivity (Wildman–Crippen MR) is 204 cm³/mol. The third kappa shape index (κ3) is 7.07. The number of allylic oxidation sites excluding steroid dienone is 2. The number of benzene rings is 3. The summed E-state index contributed by atoms with van der Waals surface area (Å²) in [5.41, 5.74) is 5.92. The van der Waals surface area contributed by atoms with Crippen LogP contribution >= 0.6 is 0 Å². The number of carbonyl (C=O) groups excluding carboxylic acids is 1. The molecule has 1 N–H and O–H groups in total. The topological polar surface area (TPSA) is 76.5 Å². The third-order valence-electron chi connectivity index (χ3n) is 11.1. The first kappa shape index (κ1) is 39.1. The number of aromatic nitrogens is 1. The maximum absolute atomic E-state index is 12.2. The van der Waals surface area contributed by atoms with Crippen LogP contribution in [-0.2, 0) is 30.3 Å². The van der Waals surface area contributed by atoms with E-state index in [1.165, 1.54) is 17.0 Å². The largest absolute Gasteiger partial charge is 0.512 e. The first-order valence-corrected chi connectivity index (χ1v) is 17.7. The van der Waals surface area contributed by atoms with Crippen molar-refractivity contribution < 1.29 is 38.8 Å². The number of hydrogen-bond acceptors (Lipinski definition) is 5. The molecule has 5 nitrogen and oxygen atoms in total. The zero-order chi connectivity index (χ0) is 35.9. The van der Waals surface area contributed by atoms with Crippen LogP contribution in [0.4, 0.5) is 0 Å². The molecule has 6 rings (SSSR count). The van der Waals surface area contributed by atoms with Crippen molar-refractivity contribution >= 4 is 49.5 Å². The zero-order valence-electron chi connectivity index (χ0n) is 31.6. The number of nitrogens with zero attached hydrogens (tertiary/aromatic N) is 1. The van der Waals surface area contributed by atoms with Gasteiger partial charge >= 0.3 is 0 Å². The van der Waals surface area contributed by atoms with Crippen molar-refractivity contribution in [2.24, 2.45) is 10.8 Å². The van der Waals surface area contributed by atoms with Gasteiger partial charge in [0.2, 0.25) is 0 Å². The second-order valence-corrected chi connectivity index (χ2v) is 15.1. The molecule has 0 amide bonds. The molecule has 0 aliphatic carbocycles. The molecule has 6 heteroatoms. The maximum Gasteiger partial charge on any atom is 0.177 e. The van der Waals surface area contributed by atoms with Crippen LogP contribution in [0, 0.1) is 30.7 Å². The molecule has 1 radical (unpaired) electrons. The fourth-order valence-corrected chi connectivity index (χ4v) is 6.41. The van der Waals surface area contributed by atoms with Crippen LogP contribution in [0.2, 0.25) is 0 Å². The normalized spacial score (nSPS) is 12.7. The number of rotatable bonds is 8. The van der Waals surface area contributed by atoms with Crippen LogP contribution in [0.1, 0.15) is 105 Å². The molecule has 0 fully saturated rings. The number of aryl methyl sites for hydroxylation is 2. The number of furan rings is 2. The Labute approximate surface area is 310 Å². The van der Waals surface area contributed by atoms with E-state index < -0.39 is 0 Å². The van der Waals surface area contributed by atoms with Gasteiger partial charge in [-0.1, -0.05) is 91.5 Å². The molecule has 267 valence electrons. The van der Waals surface area contributed by atoms with Crippen LogP contribution < -0.4 is 0 Å². The number of fused-ring (bicyclic) bond motifs is 6. The second-order valence-electron chi connectivity index (χ2n) is 15.1. The quantitative estimate of drug-likeness (QED) is 0.0938. The van der Waals surface area contributed by atoms with Gasteiger partial charge in [-0.05, 0) is 68.7 Å². The summed E-state index contributed by atoms with van der Waals surface area (Å²) in [6.07, 6.45) is 6.61. The smallest absolute Gasteiger partial charge is 0.177 e.